The van der Waals surface area contributed by atoms with Crippen LogP contribution in [0.1, 0.15) is 37.9 Å². The van der Waals surface area contributed by atoms with Gasteiger partial charge in [-0.15, -0.1) is 12.4 Å². The fourth-order valence-electron chi connectivity index (χ4n) is 2.12. The molecule has 9 heteroatoms. The van der Waals surface area contributed by atoms with Crippen molar-refractivity contribution >= 4 is 24.2 Å². The first-order valence-electron chi connectivity index (χ1n) is 7.91. The molecule has 1 aromatic carbocycles. The van der Waals surface area contributed by atoms with Crippen LogP contribution in [-0.4, -0.2) is 36.3 Å². The molecule has 0 radical (unpaired) electrons. The highest BCUT2D eigenvalue weighted by Gasteiger charge is 2.31. The first-order chi connectivity index (χ1) is 11.4. The summed E-state index contributed by atoms with van der Waals surface area (Å²) in [4.78, 5) is 25.2. The van der Waals surface area contributed by atoms with Crippen LogP contribution in [-0.2, 0) is 15.8 Å². The van der Waals surface area contributed by atoms with Crippen molar-refractivity contribution in [2.45, 2.75) is 39.0 Å². The molecule has 0 bridgehead atoms. The van der Waals surface area contributed by atoms with Crippen LogP contribution in [0.25, 0.3) is 0 Å². The molecule has 2 atom stereocenters. The number of hydrogen-bond donors (Lipinski definition) is 2. The summed E-state index contributed by atoms with van der Waals surface area (Å²) in [7, 11) is 1.47. The number of nitrogens with two attached hydrogens (primary N) is 1. The average molecular weight is 396 g/mol. The molecule has 0 heterocycles. The molecule has 0 aromatic heterocycles. The molecule has 5 nitrogen and oxygen atoms in total. The summed E-state index contributed by atoms with van der Waals surface area (Å²) in [5.74, 6) is -0.936. The van der Waals surface area contributed by atoms with Crippen LogP contribution in [0.3, 0.4) is 0 Å². The molecular formula is C17H25ClF3N3O2. The summed E-state index contributed by atoms with van der Waals surface area (Å²) >= 11 is 0. The first kappa shape index (κ1) is 24.2. The van der Waals surface area contributed by atoms with Crippen molar-refractivity contribution < 1.29 is 22.8 Å². The normalized spacial score (nSPS) is 13.6. The van der Waals surface area contributed by atoms with Crippen molar-refractivity contribution in [3.8, 4) is 0 Å². The number of amides is 2. The standard InChI is InChI=1S/C17H24F3N3O2.ClH/c1-10(2)15(21)16(25)22-9-14(24)23(4)11(3)12-6-5-7-13(8-12)17(18,19)20;/h5-8,10-11,15H,9,21H2,1-4H3,(H,22,25);1H/t11?,15-;/m0./s1. The van der Waals surface area contributed by atoms with E-state index in [1.54, 1.807) is 20.8 Å². The number of halogens is 4. The highest BCUT2D eigenvalue weighted by molar-refractivity contribution is 5.87. The van der Waals surface area contributed by atoms with Crippen LogP contribution in [0.4, 0.5) is 13.2 Å². The van der Waals surface area contributed by atoms with Crippen LogP contribution in [0.5, 0.6) is 0 Å². The molecule has 2 amide bonds. The Balaban J connectivity index is 0.00000625. The van der Waals surface area contributed by atoms with Crippen molar-refractivity contribution in [3.63, 3.8) is 0 Å². The molecular weight excluding hydrogens is 371 g/mol. The Bertz CT molecular complexity index is 624. The van der Waals surface area contributed by atoms with Gasteiger partial charge in [-0.1, -0.05) is 26.0 Å². The van der Waals surface area contributed by atoms with Crippen molar-refractivity contribution in [1.29, 1.82) is 0 Å². The van der Waals surface area contributed by atoms with Crippen molar-refractivity contribution in [2.24, 2.45) is 11.7 Å². The Hall–Kier alpha value is -1.80. The number of alkyl halides is 3. The zero-order valence-electron chi connectivity index (χ0n) is 15.1. The highest BCUT2D eigenvalue weighted by atomic mass is 35.5. The number of carbonyl (C=O) groups excluding carboxylic acids is 2. The maximum absolute atomic E-state index is 12.8. The fraction of sp³-hybridized carbons (Fsp3) is 0.529. The fourth-order valence-corrected chi connectivity index (χ4v) is 2.12. The number of benzene rings is 1. The maximum atomic E-state index is 12.8. The number of hydrogen-bond acceptors (Lipinski definition) is 3. The van der Waals surface area contributed by atoms with E-state index in [0.717, 1.165) is 12.1 Å². The van der Waals surface area contributed by atoms with Gasteiger partial charge in [0.2, 0.25) is 11.8 Å². The molecule has 0 aliphatic carbocycles. The third kappa shape index (κ3) is 6.49. The number of nitrogens with zero attached hydrogens (tertiary/aromatic N) is 1. The van der Waals surface area contributed by atoms with E-state index >= 15 is 0 Å². The molecule has 0 spiro atoms. The van der Waals surface area contributed by atoms with Gasteiger partial charge in [0.25, 0.3) is 0 Å². The van der Waals surface area contributed by atoms with Crippen molar-refractivity contribution in [3.05, 3.63) is 35.4 Å². The summed E-state index contributed by atoms with van der Waals surface area (Å²) in [6, 6.07) is 3.52. The molecule has 0 saturated carbocycles. The third-order valence-corrected chi connectivity index (χ3v) is 4.11. The average Bonchev–Trinajstić information content (AvgIpc) is 2.56. The summed E-state index contributed by atoms with van der Waals surface area (Å²) in [5.41, 5.74) is 5.27. The molecule has 148 valence electrons. The number of rotatable bonds is 6. The van der Waals surface area contributed by atoms with Gasteiger partial charge in [-0.05, 0) is 30.5 Å². The number of likely N-dealkylation sites (N-methyl/N-ethyl adjacent to an activating group) is 1. The number of nitrogens with one attached hydrogen (secondary N) is 1. The minimum absolute atomic E-state index is 0. The second kappa shape index (κ2) is 9.78. The second-order valence-corrected chi connectivity index (χ2v) is 6.29. The topological polar surface area (TPSA) is 75.4 Å². The quantitative estimate of drug-likeness (QED) is 0.777. The molecule has 0 aliphatic rings. The molecule has 0 fully saturated rings. The van der Waals surface area contributed by atoms with E-state index in [2.05, 4.69) is 5.32 Å². The second-order valence-electron chi connectivity index (χ2n) is 6.29. The van der Waals surface area contributed by atoms with Gasteiger partial charge in [0.05, 0.1) is 24.2 Å². The van der Waals surface area contributed by atoms with E-state index in [1.807, 2.05) is 0 Å². The maximum Gasteiger partial charge on any atom is 0.416 e. The zero-order chi connectivity index (χ0) is 19.4. The Labute approximate surface area is 157 Å². The van der Waals surface area contributed by atoms with Gasteiger partial charge in [-0.3, -0.25) is 9.59 Å². The number of carbonyl (C=O) groups is 2. The van der Waals surface area contributed by atoms with Gasteiger partial charge in [-0.25, -0.2) is 0 Å². The predicted molar refractivity (Wildman–Crippen MR) is 95.7 cm³/mol. The smallest absolute Gasteiger partial charge is 0.346 e. The van der Waals surface area contributed by atoms with Crippen LogP contribution >= 0.6 is 12.4 Å². The van der Waals surface area contributed by atoms with Gasteiger partial charge in [0.1, 0.15) is 0 Å². The molecule has 0 aliphatic heterocycles. The van der Waals surface area contributed by atoms with Crippen LogP contribution in [0.15, 0.2) is 24.3 Å². The van der Waals surface area contributed by atoms with Gasteiger partial charge in [0.15, 0.2) is 0 Å². The minimum atomic E-state index is -4.45. The summed E-state index contributed by atoms with van der Waals surface area (Å²) < 4.78 is 38.4. The molecule has 26 heavy (non-hydrogen) atoms. The third-order valence-electron chi connectivity index (χ3n) is 4.11. The molecule has 1 rings (SSSR count). The summed E-state index contributed by atoms with van der Waals surface area (Å²) in [6.07, 6.45) is -4.45. The Morgan fingerprint density at radius 2 is 1.81 bits per heavy atom. The molecule has 1 aromatic rings. The van der Waals surface area contributed by atoms with E-state index in [-0.39, 0.29) is 24.9 Å². The van der Waals surface area contributed by atoms with Crippen molar-refractivity contribution in [1.82, 2.24) is 10.2 Å². The lowest BCUT2D eigenvalue weighted by Crippen LogP contribution is -2.47. The van der Waals surface area contributed by atoms with Crippen LogP contribution < -0.4 is 11.1 Å². The Kier molecular flexibility index (Phi) is 9.10. The lowest BCUT2D eigenvalue weighted by Gasteiger charge is -2.26. The van der Waals surface area contributed by atoms with Crippen molar-refractivity contribution in [2.75, 3.05) is 13.6 Å². The van der Waals surface area contributed by atoms with Crippen LogP contribution in [0, 0.1) is 5.92 Å². The first-order valence-corrected chi connectivity index (χ1v) is 7.91. The van der Waals surface area contributed by atoms with Gasteiger partial charge >= 0.3 is 6.18 Å². The van der Waals surface area contributed by atoms with E-state index in [1.165, 1.54) is 24.1 Å². The van der Waals surface area contributed by atoms with Crippen LogP contribution in [0.2, 0.25) is 0 Å². The molecule has 1 unspecified atom stereocenters. The predicted octanol–water partition coefficient (Wildman–Crippen LogP) is 2.75. The van der Waals surface area contributed by atoms with Gasteiger partial charge < -0.3 is 16.0 Å². The Morgan fingerprint density at radius 1 is 1.23 bits per heavy atom. The summed E-state index contributed by atoms with van der Waals surface area (Å²) in [5, 5.41) is 2.45. The largest absolute Gasteiger partial charge is 0.416 e. The Morgan fingerprint density at radius 3 is 2.31 bits per heavy atom. The lowest BCUT2D eigenvalue weighted by atomic mass is 10.0. The highest BCUT2D eigenvalue weighted by Crippen LogP contribution is 2.31. The van der Waals surface area contributed by atoms with E-state index in [0.29, 0.717) is 5.56 Å². The summed E-state index contributed by atoms with van der Waals surface area (Å²) in [6.45, 7) is 4.93. The molecule has 0 saturated heterocycles. The lowest BCUT2D eigenvalue weighted by molar-refractivity contribution is -0.137. The van der Waals surface area contributed by atoms with E-state index in [4.69, 9.17) is 5.73 Å². The van der Waals surface area contributed by atoms with E-state index < -0.39 is 35.6 Å². The zero-order valence-corrected chi connectivity index (χ0v) is 15.9. The van der Waals surface area contributed by atoms with E-state index in [9.17, 15) is 22.8 Å². The molecule has 3 N–H and O–H groups in total. The monoisotopic (exact) mass is 395 g/mol. The van der Waals surface area contributed by atoms with Gasteiger partial charge in [-0.2, -0.15) is 13.2 Å². The van der Waals surface area contributed by atoms with Gasteiger partial charge in [0, 0.05) is 7.05 Å². The minimum Gasteiger partial charge on any atom is -0.346 e. The SMILES string of the molecule is CC(C)[C@H](N)C(=O)NCC(=O)N(C)C(C)c1cccc(C(F)(F)F)c1.Cl.